The van der Waals surface area contributed by atoms with Crippen molar-refractivity contribution in [2.45, 2.75) is 111 Å². The molecular formula is C44H48F3N5O4. The molecule has 0 N–H and O–H groups in total. The highest BCUT2D eigenvalue weighted by Gasteiger charge is 2.66. The number of alkyl halides is 3. The number of piperidine rings is 1. The molecule has 2 aromatic carbocycles. The third-order valence-corrected chi connectivity index (χ3v) is 11.7. The molecule has 1 saturated heterocycles. The van der Waals surface area contributed by atoms with Crippen LogP contribution in [0.2, 0.25) is 0 Å². The molecule has 0 bridgehead atoms. The number of ketones is 3. The second-order valence-corrected chi connectivity index (χ2v) is 16.1. The van der Waals surface area contributed by atoms with E-state index < -0.39 is 34.5 Å². The third kappa shape index (κ3) is 8.01. The van der Waals surface area contributed by atoms with Crippen LogP contribution in [0.4, 0.5) is 13.2 Å². The molecular weight excluding hydrogens is 720 g/mol. The molecule has 6 rings (SSSR count). The van der Waals surface area contributed by atoms with Gasteiger partial charge < -0.3 is 4.90 Å². The zero-order valence-corrected chi connectivity index (χ0v) is 32.6. The van der Waals surface area contributed by atoms with Crippen LogP contribution in [-0.4, -0.2) is 60.0 Å². The lowest BCUT2D eigenvalue weighted by atomic mass is 9.79. The Labute approximate surface area is 325 Å². The van der Waals surface area contributed by atoms with E-state index in [4.69, 9.17) is 0 Å². The number of likely N-dealkylation sites (tertiary alicyclic amines) is 1. The maximum Gasteiger partial charge on any atom is 0.416 e. The molecule has 294 valence electrons. The van der Waals surface area contributed by atoms with Gasteiger partial charge >= 0.3 is 6.18 Å². The van der Waals surface area contributed by atoms with Crippen LogP contribution in [0, 0.1) is 24.7 Å². The van der Waals surface area contributed by atoms with Gasteiger partial charge in [0.2, 0.25) is 5.91 Å². The molecule has 1 saturated carbocycles. The topological polar surface area (TPSA) is 115 Å². The van der Waals surface area contributed by atoms with Gasteiger partial charge in [-0.25, -0.2) is 9.97 Å². The van der Waals surface area contributed by atoms with E-state index in [9.17, 15) is 32.3 Å². The van der Waals surface area contributed by atoms with E-state index in [1.165, 1.54) is 17.7 Å². The standard InChI is InChI=1S/C44H48F3N5O4/c1-8-10-15-42(6,7)38(55)14-16-43-21-35(36(54)20-30-18-33(44(45,46)47)13-12-26(30)3)52(37(43)22-43)39(56)25-51-41-29(11-9-2)17-31(32-23-48-28(5)49-24-32)19-34(41)40(50-51)27(4)53/h8-9,12-13,17-19,23-24,35,37H,1-2,10-11,14-16,20-22,25H2,3-7H3/t35-,37+,43-/m0/s1. The molecule has 2 aliphatic rings. The summed E-state index contributed by atoms with van der Waals surface area (Å²) in [6.07, 6.45) is 5.48. The highest BCUT2D eigenvalue weighted by Crippen LogP contribution is 2.62. The zero-order valence-electron chi connectivity index (χ0n) is 32.6. The number of aryl methyl sites for hydroxylation is 2. The minimum absolute atomic E-state index is 0.0951. The maximum atomic E-state index is 14.6. The molecule has 12 heteroatoms. The van der Waals surface area contributed by atoms with Crippen LogP contribution in [-0.2, 0) is 39.9 Å². The predicted molar refractivity (Wildman–Crippen MR) is 208 cm³/mol. The zero-order chi connectivity index (χ0) is 40.7. The molecule has 2 fully saturated rings. The first kappa shape index (κ1) is 40.4. The van der Waals surface area contributed by atoms with Crippen molar-refractivity contribution in [3.05, 3.63) is 102 Å². The van der Waals surface area contributed by atoms with Gasteiger partial charge in [0, 0.05) is 54.6 Å². The first-order chi connectivity index (χ1) is 26.4. The van der Waals surface area contributed by atoms with Gasteiger partial charge in [-0.05, 0) is 104 Å². The largest absolute Gasteiger partial charge is 0.416 e. The Balaban J connectivity index is 1.35. The summed E-state index contributed by atoms with van der Waals surface area (Å²) in [4.78, 5) is 65.5. The van der Waals surface area contributed by atoms with Crippen molar-refractivity contribution < 1.29 is 32.3 Å². The summed E-state index contributed by atoms with van der Waals surface area (Å²) in [5.41, 5.74) is 1.95. The molecule has 2 aromatic heterocycles. The number of hydrogen-bond acceptors (Lipinski definition) is 7. The van der Waals surface area contributed by atoms with Gasteiger partial charge in [0.05, 0.1) is 17.1 Å². The van der Waals surface area contributed by atoms with E-state index >= 15 is 0 Å². The van der Waals surface area contributed by atoms with Crippen molar-refractivity contribution in [3.63, 3.8) is 0 Å². The number of amides is 1. The number of carbonyl (C=O) groups is 4. The summed E-state index contributed by atoms with van der Waals surface area (Å²) in [6, 6.07) is 5.89. The molecule has 0 spiro atoms. The van der Waals surface area contributed by atoms with Crippen molar-refractivity contribution in [1.82, 2.24) is 24.6 Å². The van der Waals surface area contributed by atoms with Gasteiger partial charge in [-0.2, -0.15) is 18.3 Å². The van der Waals surface area contributed by atoms with E-state index in [0.717, 1.165) is 28.8 Å². The normalized spacial score (nSPS) is 19.2. The highest BCUT2D eigenvalue weighted by molar-refractivity contribution is 6.07. The van der Waals surface area contributed by atoms with E-state index in [-0.39, 0.29) is 54.0 Å². The van der Waals surface area contributed by atoms with E-state index in [1.807, 2.05) is 26.0 Å². The average molecular weight is 768 g/mol. The van der Waals surface area contributed by atoms with Crippen molar-refractivity contribution in [3.8, 4) is 11.1 Å². The number of hydrogen-bond donors (Lipinski definition) is 0. The lowest BCUT2D eigenvalue weighted by molar-refractivity contribution is -0.139. The molecule has 4 aromatic rings. The minimum atomic E-state index is -4.58. The van der Waals surface area contributed by atoms with Crippen LogP contribution in [0.3, 0.4) is 0 Å². The predicted octanol–water partition coefficient (Wildman–Crippen LogP) is 8.57. The Morgan fingerprint density at radius 1 is 0.964 bits per heavy atom. The molecule has 1 aliphatic carbocycles. The van der Waals surface area contributed by atoms with Crippen molar-refractivity contribution in [2.75, 3.05) is 0 Å². The Hall–Kier alpha value is -5.26. The van der Waals surface area contributed by atoms with E-state index in [0.29, 0.717) is 60.8 Å². The molecule has 0 radical (unpaired) electrons. The second-order valence-electron chi connectivity index (χ2n) is 16.1. The van der Waals surface area contributed by atoms with E-state index in [2.05, 4.69) is 28.2 Å². The number of allylic oxidation sites excluding steroid dienone is 2. The van der Waals surface area contributed by atoms with Gasteiger partial charge in [-0.15, -0.1) is 13.2 Å². The first-order valence-electron chi connectivity index (χ1n) is 19.0. The summed E-state index contributed by atoms with van der Waals surface area (Å²) < 4.78 is 42.5. The van der Waals surface area contributed by atoms with Crippen LogP contribution in [0.25, 0.3) is 22.0 Å². The Morgan fingerprint density at radius 3 is 2.32 bits per heavy atom. The summed E-state index contributed by atoms with van der Waals surface area (Å²) in [6.45, 7) is 16.1. The van der Waals surface area contributed by atoms with Gasteiger partial charge in [0.25, 0.3) is 0 Å². The van der Waals surface area contributed by atoms with Gasteiger partial charge in [-0.3, -0.25) is 23.9 Å². The number of Topliss-reactive ketones (excluding diaryl/α,β-unsaturated/α-hetero) is 3. The van der Waals surface area contributed by atoms with Gasteiger partial charge in [-0.1, -0.05) is 32.1 Å². The monoisotopic (exact) mass is 767 g/mol. The molecule has 0 unspecified atom stereocenters. The van der Waals surface area contributed by atoms with E-state index in [1.54, 1.807) is 43.3 Å². The summed E-state index contributed by atoms with van der Waals surface area (Å²) in [5.74, 6) is -0.351. The Kier molecular flexibility index (Phi) is 11.1. The first-order valence-corrected chi connectivity index (χ1v) is 19.0. The van der Waals surface area contributed by atoms with Crippen molar-refractivity contribution in [2.24, 2.45) is 10.8 Å². The summed E-state index contributed by atoms with van der Waals surface area (Å²) in [7, 11) is 0. The highest BCUT2D eigenvalue weighted by atomic mass is 19.4. The maximum absolute atomic E-state index is 14.6. The Bertz CT molecular complexity index is 2240. The third-order valence-electron chi connectivity index (χ3n) is 11.7. The van der Waals surface area contributed by atoms with Crippen molar-refractivity contribution in [1.29, 1.82) is 0 Å². The number of halogens is 3. The fraction of sp³-hybridized carbons (Fsp3) is 0.432. The smallest absolute Gasteiger partial charge is 0.327 e. The van der Waals surface area contributed by atoms with Crippen LogP contribution in [0.5, 0.6) is 0 Å². The van der Waals surface area contributed by atoms with Gasteiger partial charge in [0.1, 0.15) is 23.8 Å². The minimum Gasteiger partial charge on any atom is -0.327 e. The molecule has 56 heavy (non-hydrogen) atoms. The fourth-order valence-electron chi connectivity index (χ4n) is 8.28. The van der Waals surface area contributed by atoms with Gasteiger partial charge in [0.15, 0.2) is 11.6 Å². The van der Waals surface area contributed by atoms with Crippen LogP contribution >= 0.6 is 0 Å². The molecule has 1 aliphatic heterocycles. The summed E-state index contributed by atoms with van der Waals surface area (Å²) >= 11 is 0. The molecule has 3 heterocycles. The van der Waals surface area contributed by atoms with Crippen LogP contribution in [0.15, 0.2) is 68.0 Å². The lowest BCUT2D eigenvalue weighted by Gasteiger charge is -2.27. The number of carbonyl (C=O) groups excluding carboxylic acids is 4. The SMILES string of the molecule is C=CCCC(C)(C)C(=O)CC[C@@]12C[C@@H](C(=O)Cc3cc(C(F)(F)F)ccc3C)N(C(=O)Cn3nc(C(C)=O)c4cc(-c5cnc(C)nc5)cc(CC=C)c43)[C@@H]1C2. The second kappa shape index (κ2) is 15.3. The molecule has 3 atom stereocenters. The number of rotatable bonds is 16. The van der Waals surface area contributed by atoms with Crippen molar-refractivity contribution >= 4 is 34.2 Å². The fourth-order valence-corrected chi connectivity index (χ4v) is 8.28. The van der Waals surface area contributed by atoms with Crippen LogP contribution < -0.4 is 0 Å². The molecule has 1 amide bonds. The number of fused-ring (bicyclic) bond motifs is 2. The quantitative estimate of drug-likeness (QED) is 0.0829. The lowest BCUT2D eigenvalue weighted by Crippen LogP contribution is -2.45. The number of benzene rings is 2. The molecule has 9 nitrogen and oxygen atoms in total. The summed E-state index contributed by atoms with van der Waals surface area (Å²) in [5, 5.41) is 5.20. The number of aromatic nitrogens is 4. The Morgan fingerprint density at radius 2 is 1.68 bits per heavy atom. The number of nitrogens with zero attached hydrogens (tertiary/aromatic N) is 5. The average Bonchev–Trinajstić information content (AvgIpc) is 3.55. The van der Waals surface area contributed by atoms with Crippen LogP contribution in [0.1, 0.15) is 97.9 Å².